The molecule has 0 aliphatic heterocycles. The summed E-state index contributed by atoms with van der Waals surface area (Å²) in [5.74, 6) is 1.57. The Kier molecular flexibility index (Phi) is 4.24. The van der Waals surface area contributed by atoms with Crippen molar-refractivity contribution in [3.63, 3.8) is 0 Å². The number of rotatable bonds is 6. The molecule has 1 heterocycles. The average Bonchev–Trinajstić information content (AvgIpc) is 3.21. The molecule has 1 aromatic rings. The molecule has 0 amide bonds. The first-order chi connectivity index (χ1) is 9.11. The molecule has 1 atom stereocenters. The van der Waals surface area contributed by atoms with Crippen LogP contribution in [0.2, 0.25) is 0 Å². The van der Waals surface area contributed by atoms with E-state index in [2.05, 4.69) is 17.2 Å². The van der Waals surface area contributed by atoms with Crippen LogP contribution in [0.1, 0.15) is 37.0 Å². The van der Waals surface area contributed by atoms with Gasteiger partial charge in [0.25, 0.3) is 0 Å². The van der Waals surface area contributed by atoms with E-state index in [1.54, 1.807) is 19.2 Å². The molecule has 1 fully saturated rings. The number of nitrogen functional groups attached to an aromatic ring is 1. The van der Waals surface area contributed by atoms with E-state index in [1.807, 2.05) is 0 Å². The van der Waals surface area contributed by atoms with E-state index in [0.29, 0.717) is 29.6 Å². The first kappa shape index (κ1) is 13.6. The molecular weight excluding hydrogens is 242 g/mol. The summed E-state index contributed by atoms with van der Waals surface area (Å²) in [6.45, 7) is 5.14. The molecule has 3 N–H and O–H groups in total. The van der Waals surface area contributed by atoms with Gasteiger partial charge in [-0.05, 0) is 37.7 Å². The molecule has 19 heavy (non-hydrogen) atoms. The van der Waals surface area contributed by atoms with Crippen molar-refractivity contribution in [3.05, 3.63) is 17.8 Å². The van der Waals surface area contributed by atoms with E-state index in [9.17, 15) is 4.79 Å². The second-order valence-corrected chi connectivity index (χ2v) is 5.08. The largest absolute Gasteiger partial charge is 0.462 e. The Bertz CT molecular complexity index is 458. The molecule has 0 radical (unpaired) electrons. The number of carbonyl (C=O) groups excluding carboxylic acids is 1. The van der Waals surface area contributed by atoms with Crippen molar-refractivity contribution in [3.8, 4) is 0 Å². The molecule has 1 aliphatic carbocycles. The lowest BCUT2D eigenvalue weighted by molar-refractivity contribution is 0.0527. The van der Waals surface area contributed by atoms with Gasteiger partial charge in [0.2, 0.25) is 0 Å². The minimum Gasteiger partial charge on any atom is -0.462 e. The highest BCUT2D eigenvalue weighted by molar-refractivity contribution is 5.95. The van der Waals surface area contributed by atoms with Crippen molar-refractivity contribution in [2.75, 3.05) is 24.2 Å². The number of hydrogen-bond donors (Lipinski definition) is 2. The quantitative estimate of drug-likeness (QED) is 0.770. The Hall–Kier alpha value is -1.78. The van der Waals surface area contributed by atoms with E-state index in [4.69, 9.17) is 10.5 Å². The van der Waals surface area contributed by atoms with E-state index >= 15 is 0 Å². The molecule has 0 aromatic carbocycles. The summed E-state index contributed by atoms with van der Waals surface area (Å²) in [5, 5.41) is 3.23. The fraction of sp³-hybridized carbons (Fsp3) is 0.571. The van der Waals surface area contributed by atoms with Crippen LogP contribution < -0.4 is 11.1 Å². The summed E-state index contributed by atoms with van der Waals surface area (Å²) >= 11 is 0. The maximum absolute atomic E-state index is 11.9. The first-order valence-corrected chi connectivity index (χ1v) is 6.78. The van der Waals surface area contributed by atoms with Crippen LogP contribution in [0.5, 0.6) is 0 Å². The van der Waals surface area contributed by atoms with Gasteiger partial charge in [-0.25, -0.2) is 9.78 Å². The molecule has 104 valence electrons. The third-order valence-corrected chi connectivity index (χ3v) is 3.42. The lowest BCUT2D eigenvalue weighted by Crippen LogP contribution is -2.17. The Morgan fingerprint density at radius 1 is 1.63 bits per heavy atom. The predicted octanol–water partition coefficient (Wildman–Crippen LogP) is 2.30. The molecule has 1 saturated carbocycles. The van der Waals surface area contributed by atoms with E-state index in [1.165, 1.54) is 12.8 Å². The molecule has 5 heteroatoms. The third kappa shape index (κ3) is 3.59. The van der Waals surface area contributed by atoms with Gasteiger partial charge in [0.05, 0.1) is 18.5 Å². The van der Waals surface area contributed by atoms with Crippen molar-refractivity contribution >= 4 is 17.5 Å². The van der Waals surface area contributed by atoms with Crippen molar-refractivity contribution in [2.45, 2.75) is 26.7 Å². The molecule has 1 aromatic heterocycles. The second-order valence-electron chi connectivity index (χ2n) is 5.08. The molecular formula is C14H21N3O2. The monoisotopic (exact) mass is 263 g/mol. The molecule has 5 nitrogen and oxygen atoms in total. The van der Waals surface area contributed by atoms with Crippen molar-refractivity contribution in [1.82, 2.24) is 4.98 Å². The van der Waals surface area contributed by atoms with Gasteiger partial charge >= 0.3 is 5.97 Å². The van der Waals surface area contributed by atoms with Crippen LogP contribution in [-0.2, 0) is 4.74 Å². The van der Waals surface area contributed by atoms with Crippen LogP contribution in [0, 0.1) is 11.8 Å². The van der Waals surface area contributed by atoms with Gasteiger partial charge in [-0.15, -0.1) is 0 Å². The lowest BCUT2D eigenvalue weighted by atomic mass is 10.1. The molecule has 1 unspecified atom stereocenters. The predicted molar refractivity (Wildman–Crippen MR) is 75.0 cm³/mol. The summed E-state index contributed by atoms with van der Waals surface area (Å²) in [6.07, 6.45) is 4.17. The van der Waals surface area contributed by atoms with Crippen molar-refractivity contribution in [1.29, 1.82) is 0 Å². The number of esters is 1. The fourth-order valence-electron chi connectivity index (χ4n) is 2.08. The Balaban J connectivity index is 2.07. The van der Waals surface area contributed by atoms with Gasteiger partial charge in [0, 0.05) is 6.54 Å². The van der Waals surface area contributed by atoms with Gasteiger partial charge in [-0.3, -0.25) is 0 Å². The van der Waals surface area contributed by atoms with Gasteiger partial charge in [0.1, 0.15) is 11.4 Å². The highest BCUT2D eigenvalue weighted by atomic mass is 16.5. The fourth-order valence-corrected chi connectivity index (χ4v) is 2.08. The van der Waals surface area contributed by atoms with E-state index in [0.717, 1.165) is 12.5 Å². The molecule has 1 aliphatic rings. The summed E-state index contributed by atoms with van der Waals surface area (Å²) in [6, 6.07) is 1.61. The standard InChI is InChI=1S/C14H21N3O2/c1-3-19-14(18)12-6-11(15)8-17-13(12)16-7-9(2)10-4-5-10/h6,8-10H,3-5,7,15H2,1-2H3,(H,16,17). The number of nitrogens with one attached hydrogen (secondary N) is 1. The van der Waals surface area contributed by atoms with Crippen LogP contribution >= 0.6 is 0 Å². The lowest BCUT2D eigenvalue weighted by Gasteiger charge is -2.14. The minimum absolute atomic E-state index is 0.339. The van der Waals surface area contributed by atoms with Gasteiger partial charge < -0.3 is 15.8 Å². The zero-order chi connectivity index (χ0) is 13.8. The van der Waals surface area contributed by atoms with Crippen LogP contribution in [0.3, 0.4) is 0 Å². The van der Waals surface area contributed by atoms with Gasteiger partial charge in [0.15, 0.2) is 0 Å². The molecule has 0 bridgehead atoms. The zero-order valence-corrected chi connectivity index (χ0v) is 11.5. The summed E-state index contributed by atoms with van der Waals surface area (Å²) in [7, 11) is 0. The molecule has 0 saturated heterocycles. The van der Waals surface area contributed by atoms with Crippen LogP contribution in [0.4, 0.5) is 11.5 Å². The van der Waals surface area contributed by atoms with Crippen molar-refractivity contribution < 1.29 is 9.53 Å². The number of hydrogen-bond acceptors (Lipinski definition) is 5. The van der Waals surface area contributed by atoms with Gasteiger partial charge in [-0.2, -0.15) is 0 Å². The summed E-state index contributed by atoms with van der Waals surface area (Å²) < 4.78 is 5.02. The summed E-state index contributed by atoms with van der Waals surface area (Å²) in [5.41, 5.74) is 6.55. The maximum atomic E-state index is 11.9. The molecule has 0 spiro atoms. The number of ether oxygens (including phenoxy) is 1. The SMILES string of the molecule is CCOC(=O)c1cc(N)cnc1NCC(C)C1CC1. The highest BCUT2D eigenvalue weighted by Gasteiger charge is 2.28. The first-order valence-electron chi connectivity index (χ1n) is 6.78. The number of carbonyl (C=O) groups is 1. The third-order valence-electron chi connectivity index (χ3n) is 3.42. The van der Waals surface area contributed by atoms with E-state index in [-0.39, 0.29) is 5.97 Å². The van der Waals surface area contributed by atoms with Crippen LogP contribution in [-0.4, -0.2) is 24.1 Å². The zero-order valence-electron chi connectivity index (χ0n) is 11.5. The Morgan fingerprint density at radius 3 is 3.00 bits per heavy atom. The Morgan fingerprint density at radius 2 is 2.37 bits per heavy atom. The normalized spacial score (nSPS) is 15.9. The van der Waals surface area contributed by atoms with Crippen LogP contribution in [0.15, 0.2) is 12.3 Å². The summed E-state index contributed by atoms with van der Waals surface area (Å²) in [4.78, 5) is 16.0. The van der Waals surface area contributed by atoms with Gasteiger partial charge in [-0.1, -0.05) is 6.92 Å². The minimum atomic E-state index is -0.385. The smallest absolute Gasteiger partial charge is 0.341 e. The topological polar surface area (TPSA) is 77.2 Å². The van der Waals surface area contributed by atoms with Crippen molar-refractivity contribution in [2.24, 2.45) is 11.8 Å². The number of pyridine rings is 1. The number of aromatic nitrogens is 1. The number of nitrogens with two attached hydrogens (primary N) is 1. The van der Waals surface area contributed by atoms with Crippen LogP contribution in [0.25, 0.3) is 0 Å². The van der Waals surface area contributed by atoms with E-state index < -0.39 is 0 Å². The maximum Gasteiger partial charge on any atom is 0.341 e. The molecule has 2 rings (SSSR count). The Labute approximate surface area is 113 Å². The number of nitrogens with zero attached hydrogens (tertiary/aromatic N) is 1. The highest BCUT2D eigenvalue weighted by Crippen LogP contribution is 2.36. The second kappa shape index (κ2) is 5.91. The average molecular weight is 263 g/mol. The number of anilines is 2.